The van der Waals surface area contributed by atoms with Crippen molar-refractivity contribution in [3.8, 4) is 0 Å². The fraction of sp³-hybridized carbons (Fsp3) is 0.615. The smallest absolute Gasteiger partial charge is 0.229 e. The van der Waals surface area contributed by atoms with E-state index in [9.17, 15) is 4.79 Å². The lowest BCUT2D eigenvalue weighted by Gasteiger charge is -2.35. The van der Waals surface area contributed by atoms with Gasteiger partial charge in [-0.3, -0.25) is 9.69 Å². The van der Waals surface area contributed by atoms with Gasteiger partial charge in [-0.05, 0) is 6.42 Å². The summed E-state index contributed by atoms with van der Waals surface area (Å²) in [6.45, 7) is 8.19. The molecule has 0 aromatic carbocycles. The molecule has 0 aromatic heterocycles. The van der Waals surface area contributed by atoms with Gasteiger partial charge in [-0.15, -0.1) is 6.58 Å². The van der Waals surface area contributed by atoms with E-state index in [4.69, 9.17) is 5.73 Å². The average molecular weight is 235 g/mol. The van der Waals surface area contributed by atoms with E-state index in [1.807, 2.05) is 23.1 Å². The van der Waals surface area contributed by atoms with Crippen molar-refractivity contribution >= 4 is 5.91 Å². The molecule has 2 rings (SSSR count). The number of nitrogens with two attached hydrogens (primary N) is 1. The molecule has 1 aliphatic carbocycles. The van der Waals surface area contributed by atoms with Crippen LogP contribution in [-0.4, -0.2) is 54.5 Å². The van der Waals surface area contributed by atoms with Crippen molar-refractivity contribution < 1.29 is 4.79 Å². The average Bonchev–Trinajstić information content (AvgIpc) is 2.76. The summed E-state index contributed by atoms with van der Waals surface area (Å²) in [4.78, 5) is 16.5. The van der Waals surface area contributed by atoms with Crippen LogP contribution in [0, 0.1) is 5.92 Å². The summed E-state index contributed by atoms with van der Waals surface area (Å²) in [6, 6.07) is 0.0611. The van der Waals surface area contributed by atoms with Crippen LogP contribution in [0.5, 0.6) is 0 Å². The molecule has 17 heavy (non-hydrogen) atoms. The van der Waals surface area contributed by atoms with Crippen LogP contribution in [0.4, 0.5) is 0 Å². The molecule has 1 heterocycles. The molecule has 2 N–H and O–H groups in total. The Kier molecular flexibility index (Phi) is 3.97. The van der Waals surface area contributed by atoms with Gasteiger partial charge in [0.2, 0.25) is 5.91 Å². The molecule has 2 aliphatic rings. The zero-order valence-electron chi connectivity index (χ0n) is 10.2. The zero-order chi connectivity index (χ0) is 12.3. The van der Waals surface area contributed by atoms with E-state index in [0.717, 1.165) is 39.1 Å². The number of carbonyl (C=O) groups is 1. The minimum absolute atomic E-state index is 0.0101. The Morgan fingerprint density at radius 1 is 1.35 bits per heavy atom. The lowest BCUT2D eigenvalue weighted by atomic mass is 10.1. The third-order valence-corrected chi connectivity index (χ3v) is 3.51. The van der Waals surface area contributed by atoms with Crippen LogP contribution in [0.2, 0.25) is 0 Å². The van der Waals surface area contributed by atoms with Gasteiger partial charge >= 0.3 is 0 Å². The second-order valence-corrected chi connectivity index (χ2v) is 4.81. The van der Waals surface area contributed by atoms with E-state index in [1.54, 1.807) is 0 Å². The molecule has 1 amide bonds. The quantitative estimate of drug-likeness (QED) is 0.712. The van der Waals surface area contributed by atoms with Gasteiger partial charge in [-0.1, -0.05) is 18.2 Å². The van der Waals surface area contributed by atoms with Crippen molar-refractivity contribution in [1.29, 1.82) is 0 Å². The SMILES string of the molecule is C=CCN1CCN(C(=O)C2C=CC(N)C2)CC1. The van der Waals surface area contributed by atoms with E-state index in [2.05, 4.69) is 11.5 Å². The highest BCUT2D eigenvalue weighted by Gasteiger charge is 2.28. The molecule has 4 nitrogen and oxygen atoms in total. The van der Waals surface area contributed by atoms with Crippen LogP contribution < -0.4 is 5.73 Å². The molecule has 4 heteroatoms. The first-order valence-electron chi connectivity index (χ1n) is 6.26. The number of carbonyl (C=O) groups excluding carboxylic acids is 1. The first kappa shape index (κ1) is 12.3. The Morgan fingerprint density at radius 2 is 2.06 bits per heavy atom. The largest absolute Gasteiger partial charge is 0.340 e. The van der Waals surface area contributed by atoms with Gasteiger partial charge in [0, 0.05) is 38.8 Å². The van der Waals surface area contributed by atoms with Gasteiger partial charge in [0.15, 0.2) is 0 Å². The zero-order valence-corrected chi connectivity index (χ0v) is 10.2. The summed E-state index contributed by atoms with van der Waals surface area (Å²) >= 11 is 0. The molecule has 0 spiro atoms. The normalized spacial score (nSPS) is 29.6. The molecular formula is C13H21N3O. The Morgan fingerprint density at radius 3 is 2.59 bits per heavy atom. The molecular weight excluding hydrogens is 214 g/mol. The number of piperazine rings is 1. The van der Waals surface area contributed by atoms with Crippen molar-refractivity contribution in [2.45, 2.75) is 12.5 Å². The molecule has 0 saturated carbocycles. The van der Waals surface area contributed by atoms with E-state index >= 15 is 0 Å². The van der Waals surface area contributed by atoms with E-state index < -0.39 is 0 Å². The number of hydrogen-bond donors (Lipinski definition) is 1. The van der Waals surface area contributed by atoms with Crippen LogP contribution in [-0.2, 0) is 4.79 Å². The van der Waals surface area contributed by atoms with Gasteiger partial charge in [-0.25, -0.2) is 0 Å². The maximum Gasteiger partial charge on any atom is 0.229 e. The van der Waals surface area contributed by atoms with Crippen molar-refractivity contribution in [2.24, 2.45) is 11.7 Å². The number of nitrogens with zero attached hydrogens (tertiary/aromatic N) is 2. The third kappa shape index (κ3) is 2.96. The molecule has 1 saturated heterocycles. The fourth-order valence-corrected chi connectivity index (χ4v) is 2.48. The maximum absolute atomic E-state index is 12.2. The first-order chi connectivity index (χ1) is 8.20. The lowest BCUT2D eigenvalue weighted by Crippen LogP contribution is -2.50. The van der Waals surface area contributed by atoms with Gasteiger partial charge in [0.1, 0.15) is 0 Å². The second-order valence-electron chi connectivity index (χ2n) is 4.81. The summed E-state index contributed by atoms with van der Waals surface area (Å²) in [6.07, 6.45) is 6.58. The van der Waals surface area contributed by atoms with Crippen LogP contribution in [0.25, 0.3) is 0 Å². The predicted molar refractivity (Wildman–Crippen MR) is 68.4 cm³/mol. The fourth-order valence-electron chi connectivity index (χ4n) is 2.48. The summed E-state index contributed by atoms with van der Waals surface area (Å²) < 4.78 is 0. The Bertz CT molecular complexity index is 319. The van der Waals surface area contributed by atoms with Crippen molar-refractivity contribution in [2.75, 3.05) is 32.7 Å². The Hall–Kier alpha value is -1.13. The summed E-state index contributed by atoms with van der Waals surface area (Å²) in [7, 11) is 0. The Labute approximate surface area is 103 Å². The molecule has 0 aromatic rings. The van der Waals surface area contributed by atoms with Gasteiger partial charge in [-0.2, -0.15) is 0 Å². The number of hydrogen-bond acceptors (Lipinski definition) is 3. The number of rotatable bonds is 3. The molecule has 94 valence electrons. The standard InChI is InChI=1S/C13H21N3O/c1-2-5-15-6-8-16(9-7-15)13(17)11-3-4-12(14)10-11/h2-4,11-12H,1,5-10,14H2. The molecule has 1 aliphatic heterocycles. The molecule has 1 fully saturated rings. The summed E-state index contributed by atoms with van der Waals surface area (Å²) in [5, 5.41) is 0. The summed E-state index contributed by atoms with van der Waals surface area (Å²) in [5.74, 6) is 0.253. The highest BCUT2D eigenvalue weighted by Crippen LogP contribution is 2.19. The van der Waals surface area contributed by atoms with Gasteiger partial charge in [0.05, 0.1) is 5.92 Å². The molecule has 2 unspecified atom stereocenters. The van der Waals surface area contributed by atoms with Crippen LogP contribution in [0.1, 0.15) is 6.42 Å². The van der Waals surface area contributed by atoms with Crippen molar-refractivity contribution in [1.82, 2.24) is 9.80 Å². The topological polar surface area (TPSA) is 49.6 Å². The van der Waals surface area contributed by atoms with Crippen molar-refractivity contribution in [3.63, 3.8) is 0 Å². The molecule has 0 radical (unpaired) electrons. The Balaban J connectivity index is 1.82. The first-order valence-corrected chi connectivity index (χ1v) is 6.26. The minimum atomic E-state index is 0.0101. The van der Waals surface area contributed by atoms with Crippen LogP contribution in [0.3, 0.4) is 0 Å². The van der Waals surface area contributed by atoms with E-state index in [-0.39, 0.29) is 17.9 Å². The third-order valence-electron chi connectivity index (χ3n) is 3.51. The molecule has 0 bridgehead atoms. The van der Waals surface area contributed by atoms with E-state index in [1.165, 1.54) is 0 Å². The van der Waals surface area contributed by atoms with Gasteiger partial charge in [0.25, 0.3) is 0 Å². The second kappa shape index (κ2) is 5.47. The highest BCUT2D eigenvalue weighted by molar-refractivity contribution is 5.81. The molecule has 2 atom stereocenters. The number of amides is 1. The van der Waals surface area contributed by atoms with E-state index in [0.29, 0.717) is 0 Å². The van der Waals surface area contributed by atoms with Crippen LogP contribution in [0.15, 0.2) is 24.8 Å². The van der Waals surface area contributed by atoms with Gasteiger partial charge < -0.3 is 10.6 Å². The monoisotopic (exact) mass is 235 g/mol. The minimum Gasteiger partial charge on any atom is -0.340 e. The predicted octanol–water partition coefficient (Wildman–Crippen LogP) is 0.220. The maximum atomic E-state index is 12.2. The summed E-state index contributed by atoms with van der Waals surface area (Å²) in [5.41, 5.74) is 5.78. The van der Waals surface area contributed by atoms with Crippen LogP contribution >= 0.6 is 0 Å². The lowest BCUT2D eigenvalue weighted by molar-refractivity contribution is -0.135. The highest BCUT2D eigenvalue weighted by atomic mass is 16.2. The van der Waals surface area contributed by atoms with Crippen molar-refractivity contribution in [3.05, 3.63) is 24.8 Å².